The van der Waals surface area contributed by atoms with Crippen molar-refractivity contribution in [3.63, 3.8) is 0 Å². The van der Waals surface area contributed by atoms with Gasteiger partial charge < -0.3 is 10.2 Å². The van der Waals surface area contributed by atoms with Crippen molar-refractivity contribution in [2.45, 2.75) is 25.7 Å². The molecule has 1 fully saturated rings. The van der Waals surface area contributed by atoms with Gasteiger partial charge >= 0.3 is 0 Å². The first-order valence-electron chi connectivity index (χ1n) is 9.53. The minimum atomic E-state index is 0.0590. The Bertz CT molecular complexity index is 951. The second-order valence-corrected chi connectivity index (χ2v) is 7.20. The molecule has 4 heterocycles. The molecular formula is C21H24N6O. The van der Waals surface area contributed by atoms with Crippen molar-refractivity contribution in [2.75, 3.05) is 18.4 Å². The van der Waals surface area contributed by atoms with E-state index in [1.165, 1.54) is 0 Å². The van der Waals surface area contributed by atoms with E-state index in [9.17, 15) is 4.79 Å². The van der Waals surface area contributed by atoms with Gasteiger partial charge in [-0.15, -0.1) is 0 Å². The molecule has 1 amide bonds. The van der Waals surface area contributed by atoms with E-state index in [2.05, 4.69) is 20.4 Å². The summed E-state index contributed by atoms with van der Waals surface area (Å²) in [5, 5.41) is 7.54. The molecule has 1 aliphatic heterocycles. The van der Waals surface area contributed by atoms with Gasteiger partial charge in [-0.25, -0.2) is 4.98 Å². The van der Waals surface area contributed by atoms with Crippen LogP contribution >= 0.6 is 0 Å². The highest BCUT2D eigenvalue weighted by Crippen LogP contribution is 2.27. The Balaban J connectivity index is 1.44. The molecule has 1 N–H and O–H groups in total. The number of carbonyl (C=O) groups is 1. The summed E-state index contributed by atoms with van der Waals surface area (Å²) < 4.78 is 1.69. The monoisotopic (exact) mass is 376 g/mol. The Morgan fingerprint density at radius 2 is 2.11 bits per heavy atom. The van der Waals surface area contributed by atoms with E-state index >= 15 is 0 Å². The minimum absolute atomic E-state index is 0.0590. The number of carbonyl (C=O) groups excluding carboxylic acids is 1. The van der Waals surface area contributed by atoms with E-state index in [0.29, 0.717) is 12.1 Å². The maximum atomic E-state index is 12.9. The highest BCUT2D eigenvalue weighted by Gasteiger charge is 2.27. The third kappa shape index (κ3) is 3.88. The van der Waals surface area contributed by atoms with Gasteiger partial charge in [-0.1, -0.05) is 6.07 Å². The molecule has 28 heavy (non-hydrogen) atoms. The van der Waals surface area contributed by atoms with Gasteiger partial charge in [0, 0.05) is 44.1 Å². The number of anilines is 2. The van der Waals surface area contributed by atoms with Gasteiger partial charge in [-0.2, -0.15) is 5.10 Å². The number of rotatable bonds is 4. The van der Waals surface area contributed by atoms with Crippen molar-refractivity contribution in [1.82, 2.24) is 24.6 Å². The third-order valence-electron chi connectivity index (χ3n) is 5.09. The summed E-state index contributed by atoms with van der Waals surface area (Å²) >= 11 is 0. The zero-order valence-corrected chi connectivity index (χ0v) is 16.2. The van der Waals surface area contributed by atoms with Crippen LogP contribution in [0.4, 0.5) is 11.5 Å². The molecule has 0 aromatic carbocycles. The van der Waals surface area contributed by atoms with Gasteiger partial charge in [0.25, 0.3) is 5.91 Å². The molecule has 144 valence electrons. The van der Waals surface area contributed by atoms with E-state index in [1.54, 1.807) is 17.1 Å². The van der Waals surface area contributed by atoms with Gasteiger partial charge in [-0.3, -0.25) is 14.5 Å². The molecule has 0 unspecified atom stereocenters. The summed E-state index contributed by atoms with van der Waals surface area (Å²) in [7, 11) is 1.84. The number of pyridine rings is 2. The molecule has 1 atom stereocenters. The highest BCUT2D eigenvalue weighted by atomic mass is 16.2. The van der Waals surface area contributed by atoms with Gasteiger partial charge in [0.2, 0.25) is 0 Å². The lowest BCUT2D eigenvalue weighted by Gasteiger charge is -2.32. The normalized spacial score (nSPS) is 16.8. The van der Waals surface area contributed by atoms with E-state index in [-0.39, 0.29) is 11.8 Å². The summed E-state index contributed by atoms with van der Waals surface area (Å²) in [5.74, 6) is 1.10. The van der Waals surface area contributed by atoms with Gasteiger partial charge in [0.15, 0.2) is 0 Å². The van der Waals surface area contributed by atoms with Crippen LogP contribution in [0, 0.1) is 6.92 Å². The third-order valence-corrected chi connectivity index (χ3v) is 5.09. The number of nitrogens with zero attached hydrogens (tertiary/aromatic N) is 5. The van der Waals surface area contributed by atoms with E-state index in [4.69, 9.17) is 0 Å². The molecule has 1 saturated heterocycles. The number of nitrogens with one attached hydrogen (secondary N) is 1. The molecule has 0 spiro atoms. The van der Waals surface area contributed by atoms with Crippen molar-refractivity contribution in [1.29, 1.82) is 0 Å². The Hall–Kier alpha value is -3.22. The fourth-order valence-corrected chi connectivity index (χ4v) is 3.69. The fourth-order valence-electron chi connectivity index (χ4n) is 3.69. The van der Waals surface area contributed by atoms with Crippen LogP contribution in [0.1, 0.15) is 40.5 Å². The Morgan fingerprint density at radius 3 is 2.79 bits per heavy atom. The van der Waals surface area contributed by atoms with Crippen molar-refractivity contribution in [2.24, 2.45) is 7.05 Å². The maximum Gasteiger partial charge on any atom is 0.257 e. The van der Waals surface area contributed by atoms with Crippen LogP contribution < -0.4 is 5.32 Å². The molecular weight excluding hydrogens is 352 g/mol. The Labute approximate surface area is 164 Å². The first-order chi connectivity index (χ1) is 13.6. The SMILES string of the molecule is Cc1nn(C)cc1C(=O)N1CCC[C@@H](c2ccc(Nc3ccccn3)cn2)C1. The van der Waals surface area contributed by atoms with Gasteiger partial charge in [-0.05, 0) is 44.0 Å². The van der Waals surface area contributed by atoms with Crippen molar-refractivity contribution in [3.05, 3.63) is 65.9 Å². The molecule has 0 bridgehead atoms. The maximum absolute atomic E-state index is 12.9. The van der Waals surface area contributed by atoms with E-state index in [1.807, 2.05) is 55.4 Å². The lowest BCUT2D eigenvalue weighted by molar-refractivity contribution is 0.0705. The van der Waals surface area contributed by atoms with Crippen LogP contribution in [-0.4, -0.2) is 43.6 Å². The topological polar surface area (TPSA) is 75.9 Å². The van der Waals surface area contributed by atoms with Crippen LogP contribution in [0.15, 0.2) is 48.9 Å². The molecule has 7 nitrogen and oxygen atoms in total. The van der Waals surface area contributed by atoms with Crippen LogP contribution in [-0.2, 0) is 7.05 Å². The lowest BCUT2D eigenvalue weighted by Crippen LogP contribution is -2.39. The molecule has 1 aliphatic rings. The van der Waals surface area contributed by atoms with Crippen molar-refractivity contribution in [3.8, 4) is 0 Å². The van der Waals surface area contributed by atoms with Crippen molar-refractivity contribution >= 4 is 17.4 Å². The molecule has 4 rings (SSSR count). The Morgan fingerprint density at radius 1 is 1.21 bits per heavy atom. The lowest BCUT2D eigenvalue weighted by atomic mass is 9.93. The minimum Gasteiger partial charge on any atom is -0.339 e. The smallest absolute Gasteiger partial charge is 0.257 e. The average molecular weight is 376 g/mol. The number of amides is 1. The number of hydrogen-bond acceptors (Lipinski definition) is 5. The fraction of sp³-hybridized carbons (Fsp3) is 0.333. The standard InChI is InChI=1S/C21H24N6O/c1-15-18(14-26(2)25-15)21(28)27-11-5-6-16(13-27)19-9-8-17(12-23-19)24-20-7-3-4-10-22-20/h3-4,7-10,12,14,16H,5-6,11,13H2,1-2H3,(H,22,24)/t16-/m1/s1. The summed E-state index contributed by atoms with van der Waals surface area (Å²) in [5.41, 5.74) is 3.38. The summed E-state index contributed by atoms with van der Waals surface area (Å²) in [6.07, 6.45) is 7.40. The molecule has 3 aromatic rings. The van der Waals surface area contributed by atoms with Gasteiger partial charge in [0.05, 0.1) is 23.1 Å². The number of hydrogen-bond donors (Lipinski definition) is 1. The summed E-state index contributed by atoms with van der Waals surface area (Å²) in [4.78, 5) is 23.7. The zero-order valence-electron chi connectivity index (χ0n) is 16.2. The van der Waals surface area contributed by atoms with Crippen LogP contribution in [0.3, 0.4) is 0 Å². The van der Waals surface area contributed by atoms with Gasteiger partial charge in [0.1, 0.15) is 5.82 Å². The zero-order chi connectivity index (χ0) is 19.5. The van der Waals surface area contributed by atoms with E-state index < -0.39 is 0 Å². The van der Waals surface area contributed by atoms with E-state index in [0.717, 1.165) is 42.3 Å². The van der Waals surface area contributed by atoms with Crippen LogP contribution in [0.5, 0.6) is 0 Å². The second kappa shape index (κ2) is 7.80. The molecule has 7 heteroatoms. The number of piperidine rings is 1. The van der Waals surface area contributed by atoms with Crippen LogP contribution in [0.2, 0.25) is 0 Å². The molecule has 0 aliphatic carbocycles. The Kier molecular flexibility index (Phi) is 5.06. The number of likely N-dealkylation sites (tertiary alicyclic amines) is 1. The van der Waals surface area contributed by atoms with Crippen molar-refractivity contribution < 1.29 is 4.79 Å². The second-order valence-electron chi connectivity index (χ2n) is 7.20. The number of aryl methyl sites for hydroxylation is 2. The molecule has 3 aromatic heterocycles. The number of aromatic nitrogens is 4. The molecule has 0 saturated carbocycles. The largest absolute Gasteiger partial charge is 0.339 e. The quantitative estimate of drug-likeness (QED) is 0.756. The van der Waals surface area contributed by atoms with Crippen LogP contribution in [0.25, 0.3) is 0 Å². The summed E-state index contributed by atoms with van der Waals surface area (Å²) in [6, 6.07) is 9.80. The predicted octanol–water partition coefficient (Wildman–Crippen LogP) is 3.28. The first-order valence-corrected chi connectivity index (χ1v) is 9.53. The predicted molar refractivity (Wildman–Crippen MR) is 108 cm³/mol. The molecule has 0 radical (unpaired) electrons. The summed E-state index contributed by atoms with van der Waals surface area (Å²) in [6.45, 7) is 3.35. The highest BCUT2D eigenvalue weighted by molar-refractivity contribution is 5.95. The average Bonchev–Trinajstić information content (AvgIpc) is 3.07. The first kappa shape index (κ1) is 18.2.